The fourth-order valence-corrected chi connectivity index (χ4v) is 0.940. The van der Waals surface area contributed by atoms with Gasteiger partial charge in [-0.1, -0.05) is 0 Å². The lowest BCUT2D eigenvalue weighted by Crippen LogP contribution is -2.14. The van der Waals surface area contributed by atoms with Crippen LogP contribution in [0.4, 0.5) is 5.95 Å². The molecule has 3 nitrogen and oxygen atoms in total. The van der Waals surface area contributed by atoms with Gasteiger partial charge in [-0.25, -0.2) is 4.98 Å². The first kappa shape index (κ1) is 7.12. The van der Waals surface area contributed by atoms with Crippen molar-refractivity contribution >= 4 is 5.95 Å². The number of hydrogen-bond acceptors (Lipinski definition) is 2. The van der Waals surface area contributed by atoms with Gasteiger partial charge in [0, 0.05) is 33.0 Å². The predicted molar refractivity (Wildman–Crippen MR) is 42.2 cm³/mol. The third kappa shape index (κ3) is 1.12. The van der Waals surface area contributed by atoms with Crippen LogP contribution in [-0.2, 0) is 6.54 Å². The Morgan fingerprint density at radius 1 is 1.60 bits per heavy atom. The molecule has 56 valence electrons. The molecule has 0 N–H and O–H groups in total. The summed E-state index contributed by atoms with van der Waals surface area (Å²) in [6.45, 7) is 3.09. The van der Waals surface area contributed by atoms with Crippen molar-refractivity contribution in [1.82, 2.24) is 9.55 Å². The zero-order valence-electron chi connectivity index (χ0n) is 6.70. The van der Waals surface area contributed by atoms with Crippen molar-refractivity contribution in [2.75, 3.05) is 19.0 Å². The van der Waals surface area contributed by atoms with E-state index in [1.165, 1.54) is 0 Å². The summed E-state index contributed by atoms with van der Waals surface area (Å²) >= 11 is 0. The number of aryl methyl sites for hydroxylation is 1. The maximum atomic E-state index is 4.18. The standard InChI is InChI=1S/C7H13N3/c1-4-10-6-5-8-7(10)9(2)3/h5-6H,4H2,1-3H3. The maximum absolute atomic E-state index is 4.18. The number of nitrogens with zero attached hydrogens (tertiary/aromatic N) is 3. The van der Waals surface area contributed by atoms with E-state index in [2.05, 4.69) is 16.5 Å². The van der Waals surface area contributed by atoms with E-state index in [1.54, 1.807) is 0 Å². The maximum Gasteiger partial charge on any atom is 0.204 e. The zero-order valence-corrected chi connectivity index (χ0v) is 6.70. The monoisotopic (exact) mass is 139 g/mol. The molecule has 0 amide bonds. The van der Waals surface area contributed by atoms with Gasteiger partial charge in [0.25, 0.3) is 0 Å². The quantitative estimate of drug-likeness (QED) is 0.608. The van der Waals surface area contributed by atoms with Crippen molar-refractivity contribution in [3.63, 3.8) is 0 Å². The first-order valence-corrected chi connectivity index (χ1v) is 3.44. The van der Waals surface area contributed by atoms with Crippen molar-refractivity contribution in [3.8, 4) is 0 Å². The minimum atomic E-state index is 0.980. The van der Waals surface area contributed by atoms with E-state index in [0.717, 1.165) is 12.5 Å². The molecule has 1 aromatic heterocycles. The summed E-state index contributed by atoms with van der Waals surface area (Å²) in [5, 5.41) is 0. The van der Waals surface area contributed by atoms with Gasteiger partial charge < -0.3 is 9.47 Å². The third-order valence-corrected chi connectivity index (χ3v) is 1.43. The highest BCUT2D eigenvalue weighted by Crippen LogP contribution is 2.05. The van der Waals surface area contributed by atoms with E-state index in [1.807, 2.05) is 31.4 Å². The highest BCUT2D eigenvalue weighted by molar-refractivity contribution is 5.27. The second-order valence-electron chi connectivity index (χ2n) is 2.41. The first-order valence-electron chi connectivity index (χ1n) is 3.44. The summed E-state index contributed by atoms with van der Waals surface area (Å²) < 4.78 is 2.10. The summed E-state index contributed by atoms with van der Waals surface area (Å²) in [5.41, 5.74) is 0. The lowest BCUT2D eigenvalue weighted by molar-refractivity contribution is 0.747. The Morgan fingerprint density at radius 3 is 2.70 bits per heavy atom. The van der Waals surface area contributed by atoms with Gasteiger partial charge in [0.1, 0.15) is 0 Å². The topological polar surface area (TPSA) is 21.1 Å². The Labute approximate surface area is 61.3 Å². The molecular formula is C7H13N3. The SMILES string of the molecule is CCn1ccnc1N(C)C. The Morgan fingerprint density at radius 2 is 2.30 bits per heavy atom. The Hall–Kier alpha value is -0.990. The molecule has 0 saturated heterocycles. The molecule has 0 bridgehead atoms. The first-order chi connectivity index (χ1) is 4.75. The van der Waals surface area contributed by atoms with Crippen molar-refractivity contribution in [2.24, 2.45) is 0 Å². The van der Waals surface area contributed by atoms with Gasteiger partial charge in [-0.3, -0.25) is 0 Å². The van der Waals surface area contributed by atoms with E-state index < -0.39 is 0 Å². The minimum Gasteiger partial charge on any atom is -0.348 e. The second kappa shape index (κ2) is 2.73. The summed E-state index contributed by atoms with van der Waals surface area (Å²) in [5.74, 6) is 1.02. The largest absolute Gasteiger partial charge is 0.348 e. The summed E-state index contributed by atoms with van der Waals surface area (Å²) in [4.78, 5) is 6.18. The second-order valence-corrected chi connectivity index (χ2v) is 2.41. The molecule has 0 fully saturated rings. The van der Waals surface area contributed by atoms with Crippen LogP contribution in [0.25, 0.3) is 0 Å². The van der Waals surface area contributed by atoms with Crippen LogP contribution in [0.1, 0.15) is 6.92 Å². The van der Waals surface area contributed by atoms with E-state index in [0.29, 0.717) is 0 Å². The molecule has 0 radical (unpaired) electrons. The fraction of sp³-hybridized carbons (Fsp3) is 0.571. The van der Waals surface area contributed by atoms with Crippen LogP contribution >= 0.6 is 0 Å². The molecule has 1 rings (SSSR count). The fourth-order valence-electron chi connectivity index (χ4n) is 0.940. The van der Waals surface area contributed by atoms with Gasteiger partial charge in [-0.15, -0.1) is 0 Å². The minimum absolute atomic E-state index is 0.980. The van der Waals surface area contributed by atoms with E-state index in [9.17, 15) is 0 Å². The predicted octanol–water partition coefficient (Wildman–Crippen LogP) is 0.969. The average molecular weight is 139 g/mol. The molecule has 0 unspecified atom stereocenters. The van der Waals surface area contributed by atoms with Crippen molar-refractivity contribution in [1.29, 1.82) is 0 Å². The molecule has 0 aliphatic rings. The lowest BCUT2D eigenvalue weighted by atomic mass is 10.7. The number of imidazole rings is 1. The number of aromatic nitrogens is 2. The number of rotatable bonds is 2. The number of hydrogen-bond donors (Lipinski definition) is 0. The van der Waals surface area contributed by atoms with Gasteiger partial charge in [0.05, 0.1) is 0 Å². The molecule has 0 aliphatic carbocycles. The Bertz CT molecular complexity index is 202. The van der Waals surface area contributed by atoms with Crippen LogP contribution in [0.15, 0.2) is 12.4 Å². The number of anilines is 1. The van der Waals surface area contributed by atoms with Crippen LogP contribution in [0.3, 0.4) is 0 Å². The molecular weight excluding hydrogens is 126 g/mol. The van der Waals surface area contributed by atoms with Gasteiger partial charge in [-0.05, 0) is 6.92 Å². The van der Waals surface area contributed by atoms with Crippen LogP contribution < -0.4 is 4.90 Å². The molecule has 10 heavy (non-hydrogen) atoms. The van der Waals surface area contributed by atoms with Crippen molar-refractivity contribution in [2.45, 2.75) is 13.5 Å². The van der Waals surface area contributed by atoms with E-state index in [-0.39, 0.29) is 0 Å². The molecule has 0 atom stereocenters. The van der Waals surface area contributed by atoms with E-state index in [4.69, 9.17) is 0 Å². The highest BCUT2D eigenvalue weighted by Gasteiger charge is 2.00. The average Bonchev–Trinajstić information content (AvgIpc) is 2.33. The van der Waals surface area contributed by atoms with Gasteiger partial charge in [0.15, 0.2) is 0 Å². The van der Waals surface area contributed by atoms with Crippen LogP contribution in [-0.4, -0.2) is 23.6 Å². The smallest absolute Gasteiger partial charge is 0.204 e. The normalized spacial score (nSPS) is 9.90. The Balaban J connectivity index is 2.90. The van der Waals surface area contributed by atoms with Gasteiger partial charge in [0.2, 0.25) is 5.95 Å². The molecule has 3 heteroatoms. The third-order valence-electron chi connectivity index (χ3n) is 1.43. The lowest BCUT2D eigenvalue weighted by Gasteiger charge is -2.11. The zero-order chi connectivity index (χ0) is 7.56. The molecule has 0 saturated carbocycles. The van der Waals surface area contributed by atoms with E-state index >= 15 is 0 Å². The molecule has 1 aromatic rings. The van der Waals surface area contributed by atoms with Crippen LogP contribution in [0.2, 0.25) is 0 Å². The van der Waals surface area contributed by atoms with Gasteiger partial charge >= 0.3 is 0 Å². The van der Waals surface area contributed by atoms with Crippen molar-refractivity contribution < 1.29 is 0 Å². The summed E-state index contributed by atoms with van der Waals surface area (Å²) in [6, 6.07) is 0. The van der Waals surface area contributed by atoms with Gasteiger partial charge in [-0.2, -0.15) is 0 Å². The Kier molecular flexibility index (Phi) is 1.94. The molecule has 1 heterocycles. The molecule has 0 spiro atoms. The van der Waals surface area contributed by atoms with Crippen LogP contribution in [0.5, 0.6) is 0 Å². The summed E-state index contributed by atoms with van der Waals surface area (Å²) in [6.07, 6.45) is 3.80. The highest BCUT2D eigenvalue weighted by atomic mass is 15.3. The summed E-state index contributed by atoms with van der Waals surface area (Å²) in [7, 11) is 3.99. The van der Waals surface area contributed by atoms with Crippen LogP contribution in [0, 0.1) is 0 Å². The van der Waals surface area contributed by atoms with Crippen molar-refractivity contribution in [3.05, 3.63) is 12.4 Å². The molecule has 0 aromatic carbocycles. The molecule has 0 aliphatic heterocycles.